The van der Waals surface area contributed by atoms with Crippen LogP contribution in [-0.2, 0) is 15.5 Å². The quantitative estimate of drug-likeness (QED) is 0.285. The average molecular weight is 493 g/mol. The second-order valence-electron chi connectivity index (χ2n) is 7.70. The third-order valence-electron chi connectivity index (χ3n) is 5.05. The molecule has 0 saturated heterocycles. The molecule has 0 amide bonds. The van der Waals surface area contributed by atoms with Crippen molar-refractivity contribution in [3.05, 3.63) is 84.6 Å². The normalized spacial score (nSPS) is 13.5. The number of rotatable bonds is 10. The minimum atomic E-state index is -3.60. The summed E-state index contributed by atoms with van der Waals surface area (Å²) in [6, 6.07) is 19.9. The first kappa shape index (κ1) is 24.2. The number of benzene rings is 2. The zero-order chi connectivity index (χ0) is 24.8. The molecule has 0 saturated carbocycles. The van der Waals surface area contributed by atoms with Crippen molar-refractivity contribution in [1.29, 1.82) is 0 Å². The van der Waals surface area contributed by atoms with Gasteiger partial charge in [-0.3, -0.25) is 9.36 Å². The number of hydrogen-bond acceptors (Lipinski definition) is 7. The summed E-state index contributed by atoms with van der Waals surface area (Å²) in [7, 11) is -2.06. The molecule has 4 rings (SSSR count). The van der Waals surface area contributed by atoms with E-state index in [-0.39, 0.29) is 6.16 Å². The zero-order valence-corrected chi connectivity index (χ0v) is 20.0. The van der Waals surface area contributed by atoms with E-state index in [0.717, 1.165) is 5.39 Å². The van der Waals surface area contributed by atoms with Gasteiger partial charge in [-0.05, 0) is 48.9 Å². The number of methoxy groups -OCH3 is 1. The van der Waals surface area contributed by atoms with Gasteiger partial charge in [0.25, 0.3) is 0 Å². The number of ether oxygens (including phenoxy) is 2. The summed E-state index contributed by atoms with van der Waals surface area (Å²) >= 11 is 0. The molecule has 4 aromatic rings. The first-order valence-corrected chi connectivity index (χ1v) is 12.6. The van der Waals surface area contributed by atoms with Gasteiger partial charge in [-0.1, -0.05) is 30.3 Å². The van der Waals surface area contributed by atoms with Crippen LogP contribution in [0.3, 0.4) is 0 Å². The Morgan fingerprint density at radius 1 is 1.03 bits per heavy atom. The number of hydrogen-bond donors (Lipinski definition) is 2. The lowest BCUT2D eigenvalue weighted by Crippen LogP contribution is -2.33. The highest BCUT2D eigenvalue weighted by atomic mass is 31.2. The van der Waals surface area contributed by atoms with E-state index >= 15 is 0 Å². The van der Waals surface area contributed by atoms with Gasteiger partial charge in [-0.15, -0.1) is 0 Å². The predicted molar refractivity (Wildman–Crippen MR) is 131 cm³/mol. The number of nitrogens with one attached hydrogen (secondary N) is 1. The highest BCUT2D eigenvalue weighted by molar-refractivity contribution is 7.56. The highest BCUT2D eigenvalue weighted by Crippen LogP contribution is 2.47. The molecule has 2 N–H and O–H groups in total. The van der Waals surface area contributed by atoms with Gasteiger partial charge in [0.1, 0.15) is 23.3 Å². The Morgan fingerprint density at radius 3 is 2.46 bits per heavy atom. The van der Waals surface area contributed by atoms with Gasteiger partial charge in [-0.25, -0.2) is 10.1 Å². The van der Waals surface area contributed by atoms with E-state index in [0.29, 0.717) is 34.3 Å². The molecule has 180 valence electrons. The fourth-order valence-electron chi connectivity index (χ4n) is 3.33. The van der Waals surface area contributed by atoms with Crippen LogP contribution >= 0.6 is 7.52 Å². The van der Waals surface area contributed by atoms with Gasteiger partial charge < -0.3 is 19.1 Å². The molecule has 2 aromatic carbocycles. The molecule has 9 nitrogen and oxygen atoms in total. The molecule has 0 aliphatic heterocycles. The summed E-state index contributed by atoms with van der Waals surface area (Å²) in [4.78, 5) is 19.9. The number of pyridine rings is 2. The number of aliphatic carboxylic acids is 1. The Balaban J connectivity index is 1.53. The molecule has 0 aliphatic rings. The number of aromatic nitrogens is 2. The molecule has 0 bridgehead atoms. The number of carbonyl (C=O) groups is 1. The Morgan fingerprint density at radius 2 is 1.77 bits per heavy atom. The monoisotopic (exact) mass is 493 g/mol. The molecule has 0 aliphatic carbocycles. The summed E-state index contributed by atoms with van der Waals surface area (Å²) in [5.74, 6) is 0.855. The third kappa shape index (κ3) is 6.15. The Hall–Kier alpha value is -3.94. The van der Waals surface area contributed by atoms with Crippen molar-refractivity contribution >= 4 is 24.5 Å². The fourth-order valence-corrected chi connectivity index (χ4v) is 5.39. The highest BCUT2D eigenvalue weighted by Gasteiger charge is 2.30. The molecular formula is C25H24N3O6P. The molecule has 2 unspecified atom stereocenters. The lowest BCUT2D eigenvalue weighted by atomic mass is 10.2. The summed E-state index contributed by atoms with van der Waals surface area (Å²) < 4.78 is 30.5. The Labute approximate surface area is 202 Å². The fraction of sp³-hybridized carbons (Fsp3) is 0.160. The van der Waals surface area contributed by atoms with Crippen LogP contribution in [0, 0.1) is 0 Å². The van der Waals surface area contributed by atoms with Gasteiger partial charge in [0, 0.05) is 12.3 Å². The molecule has 0 radical (unpaired) electrons. The van der Waals surface area contributed by atoms with Crippen molar-refractivity contribution in [2.45, 2.75) is 19.1 Å². The standard InChI is InChI=1S/C25H24N3O6P/c1-17(25(29)30)28-35(31,34-20-6-4-3-5-7-20)16-18-8-10-19(11-9-18)33-22-14-15-26-24-21(22)12-13-23(27-24)32-2/h3-15,17H,16H2,1-2H3,(H,28,31)(H,29,30). The van der Waals surface area contributed by atoms with Crippen LogP contribution in [0.15, 0.2) is 79.0 Å². The Kier molecular flexibility index (Phi) is 7.29. The molecule has 0 spiro atoms. The van der Waals surface area contributed by atoms with E-state index in [1.54, 1.807) is 66.9 Å². The molecule has 0 fully saturated rings. The number of nitrogens with zero attached hydrogens (tertiary/aromatic N) is 2. The number of para-hydroxylation sites is 1. The topological polar surface area (TPSA) is 120 Å². The van der Waals surface area contributed by atoms with E-state index in [4.69, 9.17) is 14.0 Å². The van der Waals surface area contributed by atoms with Crippen molar-refractivity contribution in [2.24, 2.45) is 0 Å². The van der Waals surface area contributed by atoms with Crippen molar-refractivity contribution < 1.29 is 28.5 Å². The van der Waals surface area contributed by atoms with Gasteiger partial charge in [-0.2, -0.15) is 4.98 Å². The second kappa shape index (κ2) is 10.5. The SMILES string of the molecule is COc1ccc2c(Oc3ccc(CP(=O)(NC(C)C(=O)O)Oc4ccccc4)cc3)ccnc2n1. The maximum absolute atomic E-state index is 13.6. The van der Waals surface area contributed by atoms with E-state index in [1.165, 1.54) is 14.0 Å². The van der Waals surface area contributed by atoms with E-state index in [9.17, 15) is 14.5 Å². The molecule has 2 atom stereocenters. The van der Waals surface area contributed by atoms with Gasteiger partial charge >= 0.3 is 13.5 Å². The third-order valence-corrected chi connectivity index (χ3v) is 7.11. The zero-order valence-electron chi connectivity index (χ0n) is 19.1. The average Bonchev–Trinajstić information content (AvgIpc) is 2.85. The Bertz CT molecular complexity index is 1370. The van der Waals surface area contributed by atoms with Gasteiger partial charge in [0.2, 0.25) is 5.88 Å². The van der Waals surface area contributed by atoms with Crippen molar-refractivity contribution in [3.63, 3.8) is 0 Å². The summed E-state index contributed by atoms with van der Waals surface area (Å²) in [5, 5.41) is 12.7. The van der Waals surface area contributed by atoms with Crippen LogP contribution in [0.5, 0.6) is 23.1 Å². The summed E-state index contributed by atoms with van der Waals surface area (Å²) in [6.45, 7) is 1.42. The number of carboxylic acid groups (broad SMARTS) is 1. The first-order chi connectivity index (χ1) is 16.8. The molecule has 2 heterocycles. The molecule has 35 heavy (non-hydrogen) atoms. The number of carboxylic acids is 1. The van der Waals surface area contributed by atoms with Crippen LogP contribution < -0.4 is 19.1 Å². The first-order valence-electron chi connectivity index (χ1n) is 10.8. The molecular weight excluding hydrogens is 469 g/mol. The number of fused-ring (bicyclic) bond motifs is 1. The van der Waals surface area contributed by atoms with Gasteiger partial charge in [0.15, 0.2) is 5.65 Å². The predicted octanol–water partition coefficient (Wildman–Crippen LogP) is 5.27. The minimum absolute atomic E-state index is 0.0122. The van der Waals surface area contributed by atoms with Crippen molar-refractivity contribution in [2.75, 3.05) is 7.11 Å². The van der Waals surface area contributed by atoms with Crippen LogP contribution in [0.1, 0.15) is 12.5 Å². The van der Waals surface area contributed by atoms with Crippen LogP contribution in [0.4, 0.5) is 0 Å². The summed E-state index contributed by atoms with van der Waals surface area (Å²) in [5.41, 5.74) is 1.18. The van der Waals surface area contributed by atoms with Crippen LogP contribution in [0.25, 0.3) is 11.0 Å². The maximum atomic E-state index is 13.6. The smallest absolute Gasteiger partial charge is 0.321 e. The van der Waals surface area contributed by atoms with Crippen LogP contribution in [-0.4, -0.2) is 34.2 Å². The summed E-state index contributed by atoms with van der Waals surface area (Å²) in [6.07, 6.45) is 1.59. The lowest BCUT2D eigenvalue weighted by Gasteiger charge is -2.23. The second-order valence-corrected chi connectivity index (χ2v) is 9.81. The van der Waals surface area contributed by atoms with Crippen molar-refractivity contribution in [3.8, 4) is 23.1 Å². The van der Waals surface area contributed by atoms with Crippen LogP contribution in [0.2, 0.25) is 0 Å². The molecule has 10 heteroatoms. The maximum Gasteiger partial charge on any atom is 0.321 e. The lowest BCUT2D eigenvalue weighted by molar-refractivity contribution is -0.138. The van der Waals surface area contributed by atoms with E-state index in [1.807, 2.05) is 12.1 Å². The molecule has 2 aromatic heterocycles. The van der Waals surface area contributed by atoms with Crippen molar-refractivity contribution in [1.82, 2.24) is 15.1 Å². The van der Waals surface area contributed by atoms with Gasteiger partial charge in [0.05, 0.1) is 18.7 Å². The van der Waals surface area contributed by atoms with E-state index in [2.05, 4.69) is 15.1 Å². The van der Waals surface area contributed by atoms with E-state index < -0.39 is 19.5 Å². The minimum Gasteiger partial charge on any atom is -0.481 e. The largest absolute Gasteiger partial charge is 0.481 e.